The van der Waals surface area contributed by atoms with E-state index in [1.54, 1.807) is 5.57 Å². The third kappa shape index (κ3) is 5.99. The molecule has 1 aromatic heterocycles. The van der Waals surface area contributed by atoms with Crippen molar-refractivity contribution in [1.82, 2.24) is 9.88 Å². The van der Waals surface area contributed by atoms with Crippen LogP contribution in [0.3, 0.4) is 0 Å². The highest BCUT2D eigenvalue weighted by Gasteiger charge is 2.38. The van der Waals surface area contributed by atoms with Crippen LogP contribution in [0, 0.1) is 0 Å². The maximum absolute atomic E-state index is 10.4. The lowest BCUT2D eigenvalue weighted by Crippen LogP contribution is -2.37. The van der Waals surface area contributed by atoms with Crippen molar-refractivity contribution in [2.24, 2.45) is 0 Å². The lowest BCUT2D eigenvalue weighted by Gasteiger charge is -2.35. The van der Waals surface area contributed by atoms with Crippen LogP contribution in [0.5, 0.6) is 0 Å². The highest BCUT2D eigenvalue weighted by molar-refractivity contribution is 7.99. The Bertz CT molecular complexity index is 1260. The number of nitrogens with zero attached hydrogens (tertiary/aromatic N) is 2. The number of benzene rings is 2. The van der Waals surface area contributed by atoms with Gasteiger partial charge in [-0.05, 0) is 73.2 Å². The van der Waals surface area contributed by atoms with Gasteiger partial charge in [0.25, 0.3) is 0 Å². The highest BCUT2D eigenvalue weighted by atomic mass is 32.2. The minimum Gasteiger partial charge on any atom is -0.300 e. The average molecular weight is 525 g/mol. The van der Waals surface area contributed by atoms with Crippen molar-refractivity contribution in [3.8, 4) is 11.1 Å². The Hall–Kier alpha value is -2.90. The smallest absolute Gasteiger partial charge is 0.300 e. The Morgan fingerprint density at radius 2 is 1.57 bits per heavy atom. The molecule has 3 aromatic rings. The third-order valence-corrected chi connectivity index (χ3v) is 8.19. The maximum atomic E-state index is 10.4. The monoisotopic (exact) mass is 524 g/mol. The number of carbonyl (C=O) groups excluding carboxylic acids is 1. The van der Waals surface area contributed by atoms with E-state index < -0.39 is 12.5 Å². The quantitative estimate of drug-likeness (QED) is 0.236. The molecule has 0 saturated carbocycles. The Kier molecular flexibility index (Phi) is 8.55. The van der Waals surface area contributed by atoms with Crippen LogP contribution >= 0.6 is 11.8 Å². The van der Waals surface area contributed by atoms with Crippen LogP contribution in [0.1, 0.15) is 50.7 Å². The van der Waals surface area contributed by atoms with Crippen LogP contribution in [-0.4, -0.2) is 41.5 Å². The molecule has 37 heavy (non-hydrogen) atoms. The summed E-state index contributed by atoms with van der Waals surface area (Å²) in [5.41, 5.74) is 8.45. The molecule has 3 aliphatic rings. The summed E-state index contributed by atoms with van der Waals surface area (Å²) in [5.74, 6) is 0. The van der Waals surface area contributed by atoms with Gasteiger partial charge >= 0.3 is 6.18 Å². The summed E-state index contributed by atoms with van der Waals surface area (Å²) in [4.78, 5) is 18.4. The van der Waals surface area contributed by atoms with E-state index in [2.05, 4.69) is 65.5 Å². The van der Waals surface area contributed by atoms with Gasteiger partial charge < -0.3 is 0 Å². The molecule has 2 fully saturated rings. The fraction of sp³-hybridized carbons (Fsp3) is 0.333. The highest BCUT2D eigenvalue weighted by Crippen LogP contribution is 2.50. The molecule has 0 amide bonds. The van der Waals surface area contributed by atoms with Crippen LogP contribution in [0.25, 0.3) is 16.7 Å². The number of rotatable bonds is 1. The molecule has 6 rings (SSSR count). The number of carbonyl (C=O) groups is 1. The van der Waals surface area contributed by atoms with E-state index in [0.29, 0.717) is 0 Å². The second kappa shape index (κ2) is 11.7. The predicted molar refractivity (Wildman–Crippen MR) is 144 cm³/mol. The topological polar surface area (TPSA) is 33.2 Å². The number of hydrogen-bond donors (Lipinski definition) is 0. The Morgan fingerprint density at radius 1 is 0.919 bits per heavy atom. The maximum Gasteiger partial charge on any atom is 0.446 e. The Labute approximate surface area is 220 Å². The summed E-state index contributed by atoms with van der Waals surface area (Å²) >= 11 is 1.91. The molecule has 3 aliphatic heterocycles. The van der Waals surface area contributed by atoms with Gasteiger partial charge in [0.05, 0.1) is 0 Å². The summed E-state index contributed by atoms with van der Waals surface area (Å²) in [6, 6.07) is 21.5. The first-order valence-corrected chi connectivity index (χ1v) is 13.4. The van der Waals surface area contributed by atoms with E-state index in [4.69, 9.17) is 4.79 Å². The van der Waals surface area contributed by atoms with Gasteiger partial charge in [-0.3, -0.25) is 14.7 Å². The molecule has 0 radical (unpaired) electrons. The van der Waals surface area contributed by atoms with Crippen molar-refractivity contribution >= 4 is 23.6 Å². The van der Waals surface area contributed by atoms with Gasteiger partial charge in [-0.25, -0.2) is 0 Å². The Balaban J connectivity index is 0.000000355. The molecule has 0 aliphatic carbocycles. The lowest BCUT2D eigenvalue weighted by molar-refractivity contribution is -0.156. The fourth-order valence-corrected chi connectivity index (χ4v) is 6.50. The van der Waals surface area contributed by atoms with Crippen LogP contribution in [0.4, 0.5) is 13.2 Å². The van der Waals surface area contributed by atoms with Gasteiger partial charge in [0.1, 0.15) is 0 Å². The number of alkyl halides is 3. The number of aromatic nitrogens is 1. The van der Waals surface area contributed by atoms with E-state index in [0.717, 1.165) is 12.1 Å². The molecule has 7 heteroatoms. The molecule has 0 N–H and O–H groups in total. The largest absolute Gasteiger partial charge is 0.446 e. The van der Waals surface area contributed by atoms with Crippen molar-refractivity contribution in [3.05, 3.63) is 83.7 Å². The first kappa shape index (κ1) is 27.1. The molecule has 2 atom stereocenters. The average Bonchev–Trinajstić information content (AvgIpc) is 3.12. The van der Waals surface area contributed by atoms with Crippen molar-refractivity contribution < 1.29 is 18.0 Å². The minimum absolute atomic E-state index is 0.719. The lowest BCUT2D eigenvalue weighted by atomic mass is 9.85. The first-order chi connectivity index (χ1) is 17.8. The number of fused-ring (bicyclic) bond motifs is 4. The van der Waals surface area contributed by atoms with Crippen LogP contribution in [0.2, 0.25) is 0 Å². The fourth-order valence-electron chi connectivity index (χ4n) is 5.37. The standard InChI is InChI=1S/C26H24N2S.C2HF3O.C2H6/c1-28-20-9-10-21(28)14-19(13-20)26-22-6-2-3-7-24(22)29-25-15-17(8-11-23(25)26)18-5-4-12-27-16-18;3-2(4,5)1-6;1-2/h2-8,11-12,15-16,20-21H,9-10,13-14H2,1H3;1H;1-2H3. The van der Waals surface area contributed by atoms with E-state index in [9.17, 15) is 13.2 Å². The summed E-state index contributed by atoms with van der Waals surface area (Å²) in [5, 5.41) is 0. The van der Waals surface area contributed by atoms with Gasteiger partial charge in [0.15, 0.2) is 0 Å². The van der Waals surface area contributed by atoms with E-state index in [1.165, 1.54) is 63.3 Å². The van der Waals surface area contributed by atoms with Crippen molar-refractivity contribution in [2.45, 2.75) is 67.6 Å². The summed E-state index contributed by atoms with van der Waals surface area (Å²) in [6.45, 7) is 4.00. The van der Waals surface area contributed by atoms with Crippen LogP contribution in [0.15, 0.2) is 82.4 Å². The number of aldehydes is 1. The number of hydrogen-bond acceptors (Lipinski definition) is 4. The molecule has 2 unspecified atom stereocenters. The zero-order chi connectivity index (χ0) is 26.6. The first-order valence-electron chi connectivity index (χ1n) is 12.6. The molecule has 2 saturated heterocycles. The van der Waals surface area contributed by atoms with Crippen LogP contribution in [-0.2, 0) is 4.79 Å². The molecule has 3 nitrogen and oxygen atoms in total. The van der Waals surface area contributed by atoms with Crippen molar-refractivity contribution in [3.63, 3.8) is 0 Å². The van der Waals surface area contributed by atoms with E-state index in [1.807, 2.05) is 44.1 Å². The summed E-state index contributed by atoms with van der Waals surface area (Å²) < 4.78 is 31.2. The van der Waals surface area contributed by atoms with Gasteiger partial charge in [-0.1, -0.05) is 67.6 Å². The zero-order valence-corrected chi connectivity index (χ0v) is 22.1. The summed E-state index contributed by atoms with van der Waals surface area (Å²) in [6.07, 6.45) is 3.21. The molecular weight excluding hydrogens is 493 g/mol. The van der Waals surface area contributed by atoms with Gasteiger partial charge in [0, 0.05) is 39.8 Å². The van der Waals surface area contributed by atoms with Crippen molar-refractivity contribution in [1.29, 1.82) is 0 Å². The third-order valence-electron chi connectivity index (χ3n) is 7.06. The number of pyridine rings is 1. The molecule has 0 spiro atoms. The number of halogens is 3. The number of piperidine rings is 1. The van der Waals surface area contributed by atoms with E-state index in [-0.39, 0.29) is 0 Å². The summed E-state index contributed by atoms with van der Waals surface area (Å²) in [7, 11) is 2.32. The molecule has 194 valence electrons. The second-order valence-electron chi connectivity index (χ2n) is 9.15. The van der Waals surface area contributed by atoms with Gasteiger partial charge in [-0.15, -0.1) is 0 Å². The molecular formula is C30H31F3N2OS. The predicted octanol–water partition coefficient (Wildman–Crippen LogP) is 8.05. The van der Waals surface area contributed by atoms with Gasteiger partial charge in [-0.2, -0.15) is 13.2 Å². The normalized spacial score (nSPS) is 20.1. The SMILES string of the molecule is CC.CN1C2CCC1CC(=C1c3ccccc3Sc3cc(-c4cccnc4)ccc31)C2.O=CC(F)(F)F. The second-order valence-corrected chi connectivity index (χ2v) is 10.2. The van der Waals surface area contributed by atoms with Gasteiger partial charge in [0.2, 0.25) is 6.29 Å². The zero-order valence-electron chi connectivity index (χ0n) is 21.3. The minimum atomic E-state index is -4.64. The van der Waals surface area contributed by atoms with E-state index >= 15 is 0 Å². The molecule has 2 bridgehead atoms. The van der Waals surface area contributed by atoms with Crippen molar-refractivity contribution in [2.75, 3.05) is 7.05 Å². The molecule has 4 heterocycles. The molecule has 2 aromatic carbocycles. The Morgan fingerprint density at radius 3 is 2.19 bits per heavy atom. The van der Waals surface area contributed by atoms with Crippen LogP contribution < -0.4 is 0 Å².